The predicted octanol–water partition coefficient (Wildman–Crippen LogP) is 4.05. The second-order valence-electron chi connectivity index (χ2n) is 9.10. The molecule has 8 heteroatoms. The van der Waals surface area contributed by atoms with Crippen molar-refractivity contribution in [3.05, 3.63) is 83.4 Å². The summed E-state index contributed by atoms with van der Waals surface area (Å²) in [5.74, 6) is 1.70. The van der Waals surface area contributed by atoms with Crippen LogP contribution in [0.1, 0.15) is 35.5 Å². The molecule has 1 unspecified atom stereocenters. The fourth-order valence-corrected chi connectivity index (χ4v) is 5.52. The first-order valence-electron chi connectivity index (χ1n) is 12.1. The maximum Gasteiger partial charge on any atom is 0.246 e. The minimum absolute atomic E-state index is 0.00371. The zero-order chi connectivity index (χ0) is 24.8. The van der Waals surface area contributed by atoms with Crippen molar-refractivity contribution in [2.45, 2.75) is 32.0 Å². The molecule has 2 aromatic carbocycles. The van der Waals surface area contributed by atoms with E-state index in [2.05, 4.69) is 11.1 Å². The fraction of sp³-hybridized carbons (Fsp3) is 0.286. The quantitative estimate of drug-likeness (QED) is 0.445. The minimum Gasteiger partial charge on any atom is -0.493 e. The lowest BCUT2D eigenvalue weighted by atomic mass is 9.86. The van der Waals surface area contributed by atoms with Crippen LogP contribution in [-0.4, -0.2) is 52.9 Å². The molecular weight excluding hydrogens is 458 g/mol. The Morgan fingerprint density at radius 2 is 1.94 bits per heavy atom. The number of fused-ring (bicyclic) bond motifs is 4. The molecule has 36 heavy (non-hydrogen) atoms. The van der Waals surface area contributed by atoms with Crippen molar-refractivity contribution in [3.63, 3.8) is 0 Å². The van der Waals surface area contributed by atoms with Gasteiger partial charge in [0.25, 0.3) is 0 Å². The standard InChI is InChI=1S/C28H27N3O5/c1-3-35-23-11-10-17(13-24(23)34-2)27-26-20(19-8-4-5-9-21(19)29-26)14-22-28(33)30(16-25(32)31(22)27)15-18-7-6-12-36-18/h4-13,22,27,29H,3,14-16H2,1-2H3/t22-,27?/m0/s1. The van der Waals surface area contributed by atoms with Crippen LogP contribution < -0.4 is 9.47 Å². The van der Waals surface area contributed by atoms with Crippen molar-refractivity contribution in [1.82, 2.24) is 14.8 Å². The summed E-state index contributed by atoms with van der Waals surface area (Å²) < 4.78 is 16.8. The summed E-state index contributed by atoms with van der Waals surface area (Å²) in [6.45, 7) is 2.70. The van der Waals surface area contributed by atoms with Gasteiger partial charge in [0.05, 0.1) is 32.6 Å². The Labute approximate surface area is 208 Å². The molecule has 2 atom stereocenters. The number of hydrogen-bond acceptors (Lipinski definition) is 5. The molecule has 2 aromatic heterocycles. The van der Waals surface area contributed by atoms with E-state index in [0.29, 0.717) is 30.3 Å². The van der Waals surface area contributed by atoms with Gasteiger partial charge in [-0.15, -0.1) is 0 Å². The van der Waals surface area contributed by atoms with Gasteiger partial charge in [0.2, 0.25) is 11.8 Å². The molecular formula is C28H27N3O5. The zero-order valence-corrected chi connectivity index (χ0v) is 20.2. The predicted molar refractivity (Wildman–Crippen MR) is 133 cm³/mol. The topological polar surface area (TPSA) is 88.0 Å². The van der Waals surface area contributed by atoms with Gasteiger partial charge in [0, 0.05) is 23.0 Å². The number of ether oxygens (including phenoxy) is 2. The molecule has 1 saturated heterocycles. The number of benzene rings is 2. The number of amides is 2. The van der Waals surface area contributed by atoms with Crippen LogP contribution in [0.4, 0.5) is 0 Å². The summed E-state index contributed by atoms with van der Waals surface area (Å²) in [5.41, 5.74) is 3.83. The molecule has 2 aliphatic rings. The number of hydrogen-bond donors (Lipinski definition) is 1. The lowest BCUT2D eigenvalue weighted by molar-refractivity contribution is -0.159. The molecule has 4 heterocycles. The molecule has 2 amide bonds. The summed E-state index contributed by atoms with van der Waals surface area (Å²) in [6.07, 6.45) is 2.02. The summed E-state index contributed by atoms with van der Waals surface area (Å²) in [6, 6.07) is 16.3. The molecule has 0 saturated carbocycles. The zero-order valence-electron chi connectivity index (χ0n) is 20.2. The fourth-order valence-electron chi connectivity index (χ4n) is 5.52. The number of H-pyrrole nitrogens is 1. The largest absolute Gasteiger partial charge is 0.493 e. The number of para-hydroxylation sites is 1. The van der Waals surface area contributed by atoms with Crippen LogP contribution in [0.2, 0.25) is 0 Å². The van der Waals surface area contributed by atoms with Crippen LogP contribution in [0.25, 0.3) is 10.9 Å². The summed E-state index contributed by atoms with van der Waals surface area (Å²) in [7, 11) is 1.60. The van der Waals surface area contributed by atoms with E-state index in [1.165, 1.54) is 0 Å². The Balaban J connectivity index is 1.48. The molecule has 1 N–H and O–H groups in total. The Morgan fingerprint density at radius 3 is 2.72 bits per heavy atom. The van der Waals surface area contributed by atoms with E-state index < -0.39 is 12.1 Å². The molecule has 0 radical (unpaired) electrons. The third kappa shape index (κ3) is 3.52. The first-order valence-corrected chi connectivity index (χ1v) is 12.1. The number of furan rings is 1. The molecule has 184 valence electrons. The van der Waals surface area contributed by atoms with Gasteiger partial charge >= 0.3 is 0 Å². The van der Waals surface area contributed by atoms with Gasteiger partial charge in [0.15, 0.2) is 11.5 Å². The van der Waals surface area contributed by atoms with Gasteiger partial charge in [-0.3, -0.25) is 9.59 Å². The SMILES string of the molecule is CCOc1ccc(C2c3[nH]c4ccccc4c3C[C@H]3C(=O)N(Cc4ccco4)CC(=O)N23)cc1OC. The highest BCUT2D eigenvalue weighted by Gasteiger charge is 2.48. The Morgan fingerprint density at radius 1 is 1.08 bits per heavy atom. The number of aromatic amines is 1. The average molecular weight is 486 g/mol. The Hall–Kier alpha value is -4.20. The van der Waals surface area contributed by atoms with Crippen LogP contribution >= 0.6 is 0 Å². The molecule has 0 aliphatic carbocycles. The number of nitrogens with one attached hydrogen (secondary N) is 1. The van der Waals surface area contributed by atoms with Crippen LogP contribution in [0.3, 0.4) is 0 Å². The van der Waals surface area contributed by atoms with E-state index in [-0.39, 0.29) is 24.9 Å². The van der Waals surface area contributed by atoms with Crippen LogP contribution in [0, 0.1) is 0 Å². The highest BCUT2D eigenvalue weighted by molar-refractivity contribution is 5.97. The second kappa shape index (κ2) is 8.78. The lowest BCUT2D eigenvalue weighted by Gasteiger charge is -2.47. The third-order valence-corrected chi connectivity index (χ3v) is 7.07. The average Bonchev–Trinajstić information content (AvgIpc) is 3.54. The summed E-state index contributed by atoms with van der Waals surface area (Å²) in [5, 5.41) is 1.07. The molecule has 2 aliphatic heterocycles. The highest BCUT2D eigenvalue weighted by atomic mass is 16.5. The van der Waals surface area contributed by atoms with E-state index in [1.807, 2.05) is 49.4 Å². The van der Waals surface area contributed by atoms with Gasteiger partial charge in [-0.1, -0.05) is 24.3 Å². The van der Waals surface area contributed by atoms with E-state index in [0.717, 1.165) is 27.7 Å². The smallest absolute Gasteiger partial charge is 0.246 e. The van der Waals surface area contributed by atoms with Crippen molar-refractivity contribution in [3.8, 4) is 11.5 Å². The minimum atomic E-state index is -0.615. The molecule has 4 aromatic rings. The molecule has 6 rings (SSSR count). The lowest BCUT2D eigenvalue weighted by Crippen LogP contribution is -2.62. The van der Waals surface area contributed by atoms with Gasteiger partial charge in [-0.05, 0) is 48.4 Å². The van der Waals surface area contributed by atoms with Crippen molar-refractivity contribution in [1.29, 1.82) is 0 Å². The van der Waals surface area contributed by atoms with Gasteiger partial charge in [-0.2, -0.15) is 0 Å². The normalized spacial score (nSPS) is 19.4. The number of aromatic nitrogens is 1. The van der Waals surface area contributed by atoms with E-state index in [4.69, 9.17) is 13.9 Å². The Kier molecular flexibility index (Phi) is 5.44. The molecule has 1 fully saturated rings. The molecule has 0 bridgehead atoms. The summed E-state index contributed by atoms with van der Waals surface area (Å²) >= 11 is 0. The first kappa shape index (κ1) is 22.3. The summed E-state index contributed by atoms with van der Waals surface area (Å²) in [4.78, 5) is 34.3. The van der Waals surface area contributed by atoms with Crippen molar-refractivity contribution >= 4 is 22.7 Å². The van der Waals surface area contributed by atoms with Gasteiger partial charge < -0.3 is 28.7 Å². The Bertz CT molecular complexity index is 1440. The van der Waals surface area contributed by atoms with E-state index >= 15 is 0 Å². The van der Waals surface area contributed by atoms with Gasteiger partial charge in [0.1, 0.15) is 18.3 Å². The maximum absolute atomic E-state index is 13.8. The first-order chi connectivity index (χ1) is 17.6. The number of piperazine rings is 1. The van der Waals surface area contributed by atoms with Crippen LogP contribution in [0.5, 0.6) is 11.5 Å². The van der Waals surface area contributed by atoms with Crippen molar-refractivity contribution in [2.75, 3.05) is 20.3 Å². The second-order valence-corrected chi connectivity index (χ2v) is 9.10. The number of carbonyl (C=O) groups excluding carboxylic acids is 2. The molecule has 8 nitrogen and oxygen atoms in total. The van der Waals surface area contributed by atoms with Gasteiger partial charge in [-0.25, -0.2) is 0 Å². The monoisotopic (exact) mass is 485 g/mol. The number of methoxy groups -OCH3 is 1. The number of rotatable bonds is 6. The number of carbonyl (C=O) groups is 2. The van der Waals surface area contributed by atoms with Crippen LogP contribution in [-0.2, 0) is 22.6 Å². The van der Waals surface area contributed by atoms with E-state index in [9.17, 15) is 9.59 Å². The maximum atomic E-state index is 13.8. The molecule has 0 spiro atoms. The van der Waals surface area contributed by atoms with E-state index in [1.54, 1.807) is 29.2 Å². The third-order valence-electron chi connectivity index (χ3n) is 7.07. The van der Waals surface area contributed by atoms with Crippen molar-refractivity contribution in [2.24, 2.45) is 0 Å². The van der Waals surface area contributed by atoms with Crippen molar-refractivity contribution < 1.29 is 23.5 Å². The number of nitrogens with zero attached hydrogens (tertiary/aromatic N) is 2. The highest BCUT2D eigenvalue weighted by Crippen LogP contribution is 2.44. The van der Waals surface area contributed by atoms with Crippen LogP contribution in [0.15, 0.2) is 65.3 Å².